The molecule has 0 aliphatic rings. The number of rotatable bonds is 6. The smallest absolute Gasteiger partial charge is 0.261 e. The van der Waals surface area contributed by atoms with Gasteiger partial charge in [-0.1, -0.05) is 24.3 Å². The lowest BCUT2D eigenvalue weighted by Crippen LogP contribution is -2.21. The van der Waals surface area contributed by atoms with E-state index < -0.39 is 0 Å². The average molecular weight is 289 g/mol. The number of hydrogen-bond acceptors (Lipinski definition) is 3. The molecule has 0 spiro atoms. The van der Waals surface area contributed by atoms with Crippen LogP contribution in [-0.4, -0.2) is 12.5 Å². The number of ether oxygens (including phenoxy) is 1. The van der Waals surface area contributed by atoms with Gasteiger partial charge in [0, 0.05) is 18.0 Å². The SMILES string of the molecule is CCOCc1ccc(CNC(=O)c2ccc(C)s2)cc1. The third-order valence-corrected chi connectivity index (χ3v) is 3.91. The van der Waals surface area contributed by atoms with Crippen molar-refractivity contribution in [2.75, 3.05) is 6.61 Å². The van der Waals surface area contributed by atoms with Crippen molar-refractivity contribution in [2.45, 2.75) is 27.0 Å². The average Bonchev–Trinajstić information content (AvgIpc) is 2.90. The molecule has 0 unspecified atom stereocenters. The van der Waals surface area contributed by atoms with Crippen LogP contribution in [0.4, 0.5) is 0 Å². The van der Waals surface area contributed by atoms with Gasteiger partial charge in [-0.2, -0.15) is 0 Å². The molecule has 1 heterocycles. The Morgan fingerprint density at radius 2 is 1.85 bits per heavy atom. The number of amides is 1. The van der Waals surface area contributed by atoms with Gasteiger partial charge in [0.25, 0.3) is 5.91 Å². The summed E-state index contributed by atoms with van der Waals surface area (Å²) in [5, 5.41) is 2.93. The summed E-state index contributed by atoms with van der Waals surface area (Å²) in [6, 6.07) is 11.9. The monoisotopic (exact) mass is 289 g/mol. The fourth-order valence-electron chi connectivity index (χ4n) is 1.80. The van der Waals surface area contributed by atoms with E-state index in [1.54, 1.807) is 0 Å². The number of nitrogens with one attached hydrogen (secondary N) is 1. The standard InChI is InChI=1S/C16H19NO2S/c1-3-19-11-14-7-5-13(6-8-14)10-17-16(18)15-9-4-12(2)20-15/h4-9H,3,10-11H2,1-2H3,(H,17,18). The van der Waals surface area contributed by atoms with Crippen LogP contribution in [-0.2, 0) is 17.9 Å². The van der Waals surface area contributed by atoms with E-state index in [-0.39, 0.29) is 5.91 Å². The fourth-order valence-corrected chi connectivity index (χ4v) is 2.58. The van der Waals surface area contributed by atoms with Crippen molar-refractivity contribution in [1.29, 1.82) is 0 Å². The molecule has 4 heteroatoms. The van der Waals surface area contributed by atoms with E-state index in [4.69, 9.17) is 4.74 Å². The van der Waals surface area contributed by atoms with Gasteiger partial charge in [-0.3, -0.25) is 4.79 Å². The number of benzene rings is 1. The Kier molecular flexibility index (Phi) is 5.32. The zero-order valence-corrected chi connectivity index (χ0v) is 12.6. The number of aryl methyl sites for hydroxylation is 1. The molecule has 0 saturated carbocycles. The molecule has 0 radical (unpaired) electrons. The zero-order chi connectivity index (χ0) is 14.4. The molecule has 3 nitrogen and oxygen atoms in total. The Morgan fingerprint density at radius 3 is 2.45 bits per heavy atom. The third kappa shape index (κ3) is 4.18. The van der Waals surface area contributed by atoms with Crippen LogP contribution >= 0.6 is 11.3 Å². The van der Waals surface area contributed by atoms with Gasteiger partial charge in [0.05, 0.1) is 11.5 Å². The molecule has 20 heavy (non-hydrogen) atoms. The number of hydrogen-bond donors (Lipinski definition) is 1. The van der Waals surface area contributed by atoms with Crippen molar-refractivity contribution in [2.24, 2.45) is 0 Å². The Hall–Kier alpha value is -1.65. The van der Waals surface area contributed by atoms with Crippen molar-refractivity contribution in [3.05, 3.63) is 57.3 Å². The molecular formula is C16H19NO2S. The second-order valence-electron chi connectivity index (χ2n) is 4.55. The highest BCUT2D eigenvalue weighted by atomic mass is 32.1. The van der Waals surface area contributed by atoms with Gasteiger partial charge in [-0.15, -0.1) is 11.3 Å². The second kappa shape index (κ2) is 7.22. The Labute approximate surface area is 123 Å². The molecule has 0 saturated heterocycles. The van der Waals surface area contributed by atoms with Crippen LogP contribution in [0.25, 0.3) is 0 Å². The van der Waals surface area contributed by atoms with E-state index in [1.165, 1.54) is 11.3 Å². The Balaban J connectivity index is 1.86. The number of carbonyl (C=O) groups excluding carboxylic acids is 1. The van der Waals surface area contributed by atoms with Crippen molar-refractivity contribution in [3.8, 4) is 0 Å². The van der Waals surface area contributed by atoms with Crippen LogP contribution in [0.15, 0.2) is 36.4 Å². The van der Waals surface area contributed by atoms with Crippen molar-refractivity contribution in [1.82, 2.24) is 5.32 Å². The van der Waals surface area contributed by atoms with Gasteiger partial charge >= 0.3 is 0 Å². The lowest BCUT2D eigenvalue weighted by atomic mass is 10.1. The summed E-state index contributed by atoms with van der Waals surface area (Å²) in [7, 11) is 0. The normalized spacial score (nSPS) is 10.5. The lowest BCUT2D eigenvalue weighted by Gasteiger charge is -2.06. The number of thiophene rings is 1. The van der Waals surface area contributed by atoms with Crippen molar-refractivity contribution >= 4 is 17.2 Å². The highest BCUT2D eigenvalue weighted by Gasteiger charge is 2.07. The molecule has 1 aromatic heterocycles. The van der Waals surface area contributed by atoms with Crippen LogP contribution in [0.2, 0.25) is 0 Å². The molecule has 0 fully saturated rings. The van der Waals surface area contributed by atoms with Crippen molar-refractivity contribution < 1.29 is 9.53 Å². The minimum Gasteiger partial charge on any atom is -0.377 e. The number of carbonyl (C=O) groups is 1. The van der Waals surface area contributed by atoms with Crippen LogP contribution in [0.1, 0.15) is 32.6 Å². The molecule has 106 valence electrons. The largest absolute Gasteiger partial charge is 0.377 e. The molecule has 0 bridgehead atoms. The van der Waals surface area contributed by atoms with Crippen molar-refractivity contribution in [3.63, 3.8) is 0 Å². The second-order valence-corrected chi connectivity index (χ2v) is 5.83. The zero-order valence-electron chi connectivity index (χ0n) is 11.8. The lowest BCUT2D eigenvalue weighted by molar-refractivity contribution is 0.0955. The summed E-state index contributed by atoms with van der Waals surface area (Å²) in [4.78, 5) is 13.8. The van der Waals surface area contributed by atoms with E-state index in [2.05, 4.69) is 5.32 Å². The first-order valence-corrected chi connectivity index (χ1v) is 7.51. The van der Waals surface area contributed by atoms with E-state index >= 15 is 0 Å². The van der Waals surface area contributed by atoms with Crippen LogP contribution in [0, 0.1) is 6.92 Å². The minimum absolute atomic E-state index is 0.0125. The molecule has 0 aliphatic heterocycles. The molecule has 0 aliphatic carbocycles. The highest BCUT2D eigenvalue weighted by molar-refractivity contribution is 7.13. The quantitative estimate of drug-likeness (QED) is 0.883. The fraction of sp³-hybridized carbons (Fsp3) is 0.312. The minimum atomic E-state index is -0.0125. The van der Waals surface area contributed by atoms with E-state index in [0.717, 1.165) is 27.5 Å². The molecule has 1 amide bonds. The van der Waals surface area contributed by atoms with Gasteiger partial charge in [0.2, 0.25) is 0 Å². The maximum atomic E-state index is 11.9. The Bertz CT molecular complexity index is 560. The van der Waals surface area contributed by atoms with Crippen LogP contribution in [0.5, 0.6) is 0 Å². The third-order valence-electron chi connectivity index (χ3n) is 2.91. The van der Waals surface area contributed by atoms with Crippen LogP contribution in [0.3, 0.4) is 0 Å². The maximum absolute atomic E-state index is 11.9. The first kappa shape index (κ1) is 14.8. The van der Waals surface area contributed by atoms with Crippen LogP contribution < -0.4 is 5.32 Å². The maximum Gasteiger partial charge on any atom is 0.261 e. The first-order valence-electron chi connectivity index (χ1n) is 6.69. The summed E-state index contributed by atoms with van der Waals surface area (Å²) in [5.74, 6) is -0.0125. The van der Waals surface area contributed by atoms with Gasteiger partial charge in [0.15, 0.2) is 0 Å². The summed E-state index contributed by atoms with van der Waals surface area (Å²) < 4.78 is 5.35. The van der Waals surface area contributed by atoms with Gasteiger partial charge < -0.3 is 10.1 Å². The molecule has 1 aromatic carbocycles. The van der Waals surface area contributed by atoms with Gasteiger partial charge in [-0.25, -0.2) is 0 Å². The Morgan fingerprint density at radius 1 is 1.15 bits per heavy atom. The van der Waals surface area contributed by atoms with E-state index in [9.17, 15) is 4.79 Å². The molecular weight excluding hydrogens is 270 g/mol. The predicted octanol–water partition coefficient (Wildman–Crippen LogP) is 3.52. The highest BCUT2D eigenvalue weighted by Crippen LogP contribution is 2.15. The molecule has 1 N–H and O–H groups in total. The topological polar surface area (TPSA) is 38.3 Å². The molecule has 2 aromatic rings. The summed E-state index contributed by atoms with van der Waals surface area (Å²) in [6.45, 7) is 5.88. The molecule has 2 rings (SSSR count). The van der Waals surface area contributed by atoms with E-state index in [0.29, 0.717) is 13.2 Å². The van der Waals surface area contributed by atoms with Gasteiger partial charge in [0.1, 0.15) is 0 Å². The summed E-state index contributed by atoms with van der Waals surface area (Å²) in [6.07, 6.45) is 0. The molecule has 0 atom stereocenters. The first-order chi connectivity index (χ1) is 9.69. The summed E-state index contributed by atoms with van der Waals surface area (Å²) in [5.41, 5.74) is 2.24. The van der Waals surface area contributed by atoms with Gasteiger partial charge in [-0.05, 0) is 37.1 Å². The summed E-state index contributed by atoms with van der Waals surface area (Å²) >= 11 is 1.51. The predicted molar refractivity (Wildman–Crippen MR) is 82.0 cm³/mol. The van der Waals surface area contributed by atoms with E-state index in [1.807, 2.05) is 50.2 Å².